The minimum absolute atomic E-state index is 0.285. The number of likely N-dealkylation sites (tertiary alicyclic amines) is 1. The van der Waals surface area contributed by atoms with Crippen LogP contribution in [-0.2, 0) is 11.2 Å². The molecule has 1 amide bonds. The Balaban J connectivity index is 1.61. The molecular weight excluding hydrogens is 264 g/mol. The van der Waals surface area contributed by atoms with Gasteiger partial charge in [0, 0.05) is 26.4 Å². The lowest BCUT2D eigenvalue weighted by Gasteiger charge is -2.20. The summed E-state index contributed by atoms with van der Waals surface area (Å²) < 4.78 is 5.47. The summed E-state index contributed by atoms with van der Waals surface area (Å²) in [6, 6.07) is 6.01. The molecule has 112 valence electrons. The highest BCUT2D eigenvalue weighted by atomic mass is 16.3. The van der Waals surface area contributed by atoms with Crippen LogP contribution in [0.3, 0.4) is 0 Å². The number of nitrogens with zero attached hydrogens (tertiary/aromatic N) is 2. The highest BCUT2D eigenvalue weighted by molar-refractivity contribution is 5.77. The molecule has 1 aromatic carbocycles. The highest BCUT2D eigenvalue weighted by Crippen LogP contribution is 2.18. The lowest BCUT2D eigenvalue weighted by atomic mass is 10.1. The van der Waals surface area contributed by atoms with Crippen molar-refractivity contribution in [2.75, 3.05) is 13.1 Å². The molecular formula is C17H22N2O2. The molecule has 0 radical (unpaired) electrons. The minimum Gasteiger partial charge on any atom is -0.441 e. The molecule has 3 rings (SSSR count). The van der Waals surface area contributed by atoms with Crippen molar-refractivity contribution in [3.8, 4) is 0 Å². The van der Waals surface area contributed by atoms with E-state index in [9.17, 15) is 4.79 Å². The molecule has 0 bridgehead atoms. The molecule has 1 aromatic heterocycles. The van der Waals surface area contributed by atoms with Gasteiger partial charge in [0.25, 0.3) is 0 Å². The lowest BCUT2D eigenvalue weighted by molar-refractivity contribution is -0.131. The zero-order chi connectivity index (χ0) is 14.7. The van der Waals surface area contributed by atoms with Crippen LogP contribution in [0.4, 0.5) is 0 Å². The van der Waals surface area contributed by atoms with Crippen molar-refractivity contribution >= 4 is 17.0 Å². The Labute approximate surface area is 125 Å². The third-order valence-corrected chi connectivity index (χ3v) is 4.15. The first-order chi connectivity index (χ1) is 10.2. The number of fused-ring (bicyclic) bond motifs is 1. The maximum atomic E-state index is 12.3. The Morgan fingerprint density at radius 2 is 2.00 bits per heavy atom. The minimum atomic E-state index is 0.285. The molecule has 1 aliphatic rings. The lowest BCUT2D eigenvalue weighted by Crippen LogP contribution is -2.31. The normalized spacial score (nSPS) is 16.1. The number of hydrogen-bond acceptors (Lipinski definition) is 3. The zero-order valence-corrected chi connectivity index (χ0v) is 12.6. The molecule has 4 heteroatoms. The number of hydrogen-bond donors (Lipinski definition) is 0. The highest BCUT2D eigenvalue weighted by Gasteiger charge is 2.15. The number of carbonyl (C=O) groups is 1. The molecule has 0 saturated carbocycles. The van der Waals surface area contributed by atoms with Gasteiger partial charge in [0.2, 0.25) is 5.91 Å². The summed E-state index contributed by atoms with van der Waals surface area (Å²) in [6.45, 7) is 3.71. The second-order valence-electron chi connectivity index (χ2n) is 5.83. The predicted molar refractivity (Wildman–Crippen MR) is 82.1 cm³/mol. The van der Waals surface area contributed by atoms with Crippen molar-refractivity contribution in [2.24, 2.45) is 0 Å². The summed E-state index contributed by atoms with van der Waals surface area (Å²) in [6.07, 6.45) is 6.17. The topological polar surface area (TPSA) is 46.3 Å². The molecule has 2 heterocycles. The van der Waals surface area contributed by atoms with Gasteiger partial charge in [-0.05, 0) is 37.0 Å². The van der Waals surface area contributed by atoms with Crippen LogP contribution in [0.25, 0.3) is 11.1 Å². The number of rotatable bonds is 3. The van der Waals surface area contributed by atoms with E-state index in [1.807, 2.05) is 30.0 Å². The van der Waals surface area contributed by atoms with Gasteiger partial charge in [-0.2, -0.15) is 0 Å². The number of amides is 1. The van der Waals surface area contributed by atoms with Crippen LogP contribution in [0.15, 0.2) is 22.6 Å². The van der Waals surface area contributed by atoms with Gasteiger partial charge in [0.15, 0.2) is 11.5 Å². The quantitative estimate of drug-likeness (QED) is 0.868. The molecule has 2 aromatic rings. The Morgan fingerprint density at radius 3 is 2.76 bits per heavy atom. The van der Waals surface area contributed by atoms with Crippen molar-refractivity contribution in [1.82, 2.24) is 9.88 Å². The maximum Gasteiger partial charge on any atom is 0.222 e. The number of aryl methyl sites for hydroxylation is 2. The largest absolute Gasteiger partial charge is 0.441 e. The van der Waals surface area contributed by atoms with E-state index < -0.39 is 0 Å². The average molecular weight is 286 g/mol. The smallest absolute Gasteiger partial charge is 0.222 e. The van der Waals surface area contributed by atoms with E-state index in [4.69, 9.17) is 4.42 Å². The van der Waals surface area contributed by atoms with E-state index in [2.05, 4.69) is 4.98 Å². The molecule has 0 unspecified atom stereocenters. The van der Waals surface area contributed by atoms with Gasteiger partial charge in [0.1, 0.15) is 5.52 Å². The molecule has 1 saturated heterocycles. The van der Waals surface area contributed by atoms with Gasteiger partial charge >= 0.3 is 0 Å². The summed E-state index contributed by atoms with van der Waals surface area (Å²) >= 11 is 0. The summed E-state index contributed by atoms with van der Waals surface area (Å²) in [5.74, 6) is 0.969. The first-order valence-electron chi connectivity index (χ1n) is 7.86. The van der Waals surface area contributed by atoms with Gasteiger partial charge < -0.3 is 9.32 Å². The van der Waals surface area contributed by atoms with Gasteiger partial charge in [-0.3, -0.25) is 4.79 Å². The van der Waals surface area contributed by atoms with Crippen molar-refractivity contribution < 1.29 is 9.21 Å². The van der Waals surface area contributed by atoms with Crippen LogP contribution >= 0.6 is 0 Å². The van der Waals surface area contributed by atoms with E-state index in [1.54, 1.807) is 0 Å². The Morgan fingerprint density at radius 1 is 1.24 bits per heavy atom. The number of aromatic nitrogens is 1. The monoisotopic (exact) mass is 286 g/mol. The molecule has 0 atom stereocenters. The standard InChI is InChI=1S/C17H22N2O2/c1-13-18-15-12-14(6-8-16(15)21-13)7-9-17(20)19-10-4-2-3-5-11-19/h6,8,12H,2-5,7,9-11H2,1H3. The third kappa shape index (κ3) is 3.43. The summed E-state index contributed by atoms with van der Waals surface area (Å²) in [4.78, 5) is 18.7. The molecule has 0 N–H and O–H groups in total. The third-order valence-electron chi connectivity index (χ3n) is 4.15. The fraction of sp³-hybridized carbons (Fsp3) is 0.529. The van der Waals surface area contributed by atoms with Crippen molar-refractivity contribution in [3.05, 3.63) is 29.7 Å². The number of oxazole rings is 1. The van der Waals surface area contributed by atoms with Crippen molar-refractivity contribution in [2.45, 2.75) is 45.4 Å². The first kappa shape index (κ1) is 14.1. The van der Waals surface area contributed by atoms with Gasteiger partial charge in [-0.25, -0.2) is 4.98 Å². The van der Waals surface area contributed by atoms with E-state index in [0.29, 0.717) is 12.3 Å². The second kappa shape index (κ2) is 6.29. The molecule has 21 heavy (non-hydrogen) atoms. The number of benzene rings is 1. The van der Waals surface area contributed by atoms with Gasteiger partial charge in [0.05, 0.1) is 0 Å². The van der Waals surface area contributed by atoms with E-state index in [-0.39, 0.29) is 5.91 Å². The zero-order valence-electron chi connectivity index (χ0n) is 12.6. The van der Waals surface area contributed by atoms with Crippen LogP contribution < -0.4 is 0 Å². The van der Waals surface area contributed by atoms with Crippen LogP contribution in [0.1, 0.15) is 43.6 Å². The van der Waals surface area contributed by atoms with E-state index >= 15 is 0 Å². The predicted octanol–water partition coefficient (Wildman–Crippen LogP) is 3.47. The molecule has 4 nitrogen and oxygen atoms in total. The fourth-order valence-corrected chi connectivity index (χ4v) is 2.97. The van der Waals surface area contributed by atoms with Gasteiger partial charge in [-0.15, -0.1) is 0 Å². The molecule has 0 spiro atoms. The maximum absolute atomic E-state index is 12.3. The SMILES string of the molecule is Cc1nc2cc(CCC(=O)N3CCCCCC3)ccc2o1. The summed E-state index contributed by atoms with van der Waals surface area (Å²) in [5.41, 5.74) is 2.85. The summed E-state index contributed by atoms with van der Waals surface area (Å²) in [5, 5.41) is 0. The Kier molecular flexibility index (Phi) is 4.23. The molecule has 0 aliphatic carbocycles. The van der Waals surface area contributed by atoms with Crippen LogP contribution in [0.2, 0.25) is 0 Å². The average Bonchev–Trinajstić information content (AvgIpc) is 2.68. The van der Waals surface area contributed by atoms with E-state index in [0.717, 1.165) is 49.0 Å². The number of carbonyl (C=O) groups excluding carboxylic acids is 1. The van der Waals surface area contributed by atoms with Gasteiger partial charge in [-0.1, -0.05) is 18.9 Å². The summed E-state index contributed by atoms with van der Waals surface area (Å²) in [7, 11) is 0. The Bertz CT molecular complexity index is 625. The molecule has 1 aliphatic heterocycles. The fourth-order valence-electron chi connectivity index (χ4n) is 2.97. The van der Waals surface area contributed by atoms with E-state index in [1.165, 1.54) is 12.8 Å². The van der Waals surface area contributed by atoms with Crippen molar-refractivity contribution in [1.29, 1.82) is 0 Å². The van der Waals surface area contributed by atoms with Crippen molar-refractivity contribution in [3.63, 3.8) is 0 Å². The molecule has 1 fully saturated rings. The Hall–Kier alpha value is -1.84. The van der Waals surface area contributed by atoms with Crippen LogP contribution in [0.5, 0.6) is 0 Å². The van der Waals surface area contributed by atoms with Crippen LogP contribution in [-0.4, -0.2) is 28.9 Å². The second-order valence-corrected chi connectivity index (χ2v) is 5.83. The first-order valence-corrected chi connectivity index (χ1v) is 7.86. The van der Waals surface area contributed by atoms with Crippen LogP contribution in [0, 0.1) is 6.92 Å².